The highest BCUT2D eigenvalue weighted by molar-refractivity contribution is 7.89. The molecule has 1 aliphatic rings. The molecular formula is C18H20N2O3S. The van der Waals surface area contributed by atoms with Gasteiger partial charge in [-0.3, -0.25) is 4.79 Å². The van der Waals surface area contributed by atoms with Crippen molar-refractivity contribution < 1.29 is 13.2 Å². The molecule has 0 aliphatic heterocycles. The van der Waals surface area contributed by atoms with Crippen LogP contribution in [0.4, 0.5) is 5.69 Å². The van der Waals surface area contributed by atoms with Crippen LogP contribution in [-0.4, -0.2) is 20.4 Å². The SMILES string of the molecule is Cc1cccc(C(=O)Nc2cccc(S(=O)(=O)NC3CC3)c2)c1C. The third kappa shape index (κ3) is 3.66. The summed E-state index contributed by atoms with van der Waals surface area (Å²) in [6.07, 6.45) is 1.75. The number of carbonyl (C=O) groups excluding carboxylic acids is 1. The van der Waals surface area contributed by atoms with Crippen molar-refractivity contribution in [1.29, 1.82) is 0 Å². The van der Waals surface area contributed by atoms with E-state index in [0.29, 0.717) is 11.3 Å². The number of carbonyl (C=O) groups is 1. The van der Waals surface area contributed by atoms with Gasteiger partial charge in [-0.15, -0.1) is 0 Å². The Morgan fingerprint density at radius 2 is 1.79 bits per heavy atom. The first-order valence-corrected chi connectivity index (χ1v) is 9.35. The fourth-order valence-electron chi connectivity index (χ4n) is 2.43. The van der Waals surface area contributed by atoms with Crippen molar-refractivity contribution in [3.05, 3.63) is 59.2 Å². The second-order valence-corrected chi connectivity index (χ2v) is 7.84. The fraction of sp³-hybridized carbons (Fsp3) is 0.278. The van der Waals surface area contributed by atoms with E-state index in [0.717, 1.165) is 24.0 Å². The van der Waals surface area contributed by atoms with Crippen molar-refractivity contribution in [3.8, 4) is 0 Å². The highest BCUT2D eigenvalue weighted by Gasteiger charge is 2.28. The Labute approximate surface area is 142 Å². The van der Waals surface area contributed by atoms with E-state index in [1.807, 2.05) is 26.0 Å². The minimum Gasteiger partial charge on any atom is -0.322 e. The molecule has 3 rings (SSSR count). The Balaban J connectivity index is 1.81. The number of benzene rings is 2. The Hall–Kier alpha value is -2.18. The summed E-state index contributed by atoms with van der Waals surface area (Å²) in [5.74, 6) is -0.249. The Morgan fingerprint density at radius 3 is 2.50 bits per heavy atom. The lowest BCUT2D eigenvalue weighted by molar-refractivity contribution is 0.102. The fourth-order valence-corrected chi connectivity index (χ4v) is 3.78. The van der Waals surface area contributed by atoms with Gasteiger partial charge in [0.1, 0.15) is 0 Å². The summed E-state index contributed by atoms with van der Waals surface area (Å²) in [7, 11) is -3.54. The molecular weight excluding hydrogens is 324 g/mol. The first kappa shape index (κ1) is 16.7. The van der Waals surface area contributed by atoms with E-state index in [2.05, 4.69) is 10.0 Å². The molecule has 1 amide bonds. The average Bonchev–Trinajstić information content (AvgIpc) is 3.33. The third-order valence-electron chi connectivity index (χ3n) is 4.15. The lowest BCUT2D eigenvalue weighted by atomic mass is 10.0. The maximum Gasteiger partial charge on any atom is 0.255 e. The van der Waals surface area contributed by atoms with Gasteiger partial charge in [-0.1, -0.05) is 18.2 Å². The molecule has 0 unspecified atom stereocenters. The molecule has 5 nitrogen and oxygen atoms in total. The maximum atomic E-state index is 12.5. The van der Waals surface area contributed by atoms with Crippen LogP contribution >= 0.6 is 0 Å². The molecule has 1 aliphatic carbocycles. The largest absolute Gasteiger partial charge is 0.322 e. The average molecular weight is 344 g/mol. The minimum absolute atomic E-state index is 0.0446. The zero-order chi connectivity index (χ0) is 17.3. The van der Waals surface area contributed by atoms with Crippen molar-refractivity contribution >= 4 is 21.6 Å². The summed E-state index contributed by atoms with van der Waals surface area (Å²) < 4.78 is 27.2. The minimum atomic E-state index is -3.54. The van der Waals surface area contributed by atoms with Gasteiger partial charge in [0.2, 0.25) is 10.0 Å². The van der Waals surface area contributed by atoms with Crippen LogP contribution in [0.2, 0.25) is 0 Å². The lowest BCUT2D eigenvalue weighted by Crippen LogP contribution is -2.25. The van der Waals surface area contributed by atoms with Crippen LogP contribution in [0.1, 0.15) is 34.3 Å². The van der Waals surface area contributed by atoms with Crippen molar-refractivity contribution in [3.63, 3.8) is 0 Å². The lowest BCUT2D eigenvalue weighted by Gasteiger charge is -2.11. The van der Waals surface area contributed by atoms with Gasteiger partial charge in [0.25, 0.3) is 5.91 Å². The summed E-state index contributed by atoms with van der Waals surface area (Å²) >= 11 is 0. The van der Waals surface area contributed by atoms with Crippen LogP contribution in [0.15, 0.2) is 47.4 Å². The molecule has 1 fully saturated rings. The predicted molar refractivity (Wildman–Crippen MR) is 93.7 cm³/mol. The maximum absolute atomic E-state index is 12.5. The molecule has 0 radical (unpaired) electrons. The normalized spacial score (nSPS) is 14.4. The first-order valence-electron chi connectivity index (χ1n) is 7.87. The summed E-state index contributed by atoms with van der Waals surface area (Å²) in [6, 6.07) is 11.9. The summed E-state index contributed by atoms with van der Waals surface area (Å²) in [5.41, 5.74) is 2.99. The molecule has 2 aromatic carbocycles. The zero-order valence-corrected chi connectivity index (χ0v) is 14.5. The van der Waals surface area contributed by atoms with Crippen LogP contribution in [0.25, 0.3) is 0 Å². The van der Waals surface area contributed by atoms with E-state index in [4.69, 9.17) is 0 Å². The van der Waals surface area contributed by atoms with E-state index in [-0.39, 0.29) is 16.8 Å². The van der Waals surface area contributed by atoms with Crippen molar-refractivity contribution in [2.45, 2.75) is 37.6 Å². The molecule has 0 bridgehead atoms. The smallest absolute Gasteiger partial charge is 0.255 e. The molecule has 6 heteroatoms. The van der Waals surface area contributed by atoms with Crippen LogP contribution in [0, 0.1) is 13.8 Å². The van der Waals surface area contributed by atoms with Gasteiger partial charge in [0, 0.05) is 17.3 Å². The standard InChI is InChI=1S/C18H20N2O3S/c1-12-5-3-8-17(13(12)2)18(21)19-15-6-4-7-16(11-15)24(22,23)20-14-9-10-14/h3-8,11,14,20H,9-10H2,1-2H3,(H,19,21). The quantitative estimate of drug-likeness (QED) is 0.875. The number of aryl methyl sites for hydroxylation is 1. The predicted octanol–water partition coefficient (Wildman–Crippen LogP) is 3.00. The van der Waals surface area contributed by atoms with E-state index in [1.165, 1.54) is 12.1 Å². The van der Waals surface area contributed by atoms with Crippen LogP contribution < -0.4 is 10.0 Å². The first-order chi connectivity index (χ1) is 11.4. The number of nitrogens with one attached hydrogen (secondary N) is 2. The van der Waals surface area contributed by atoms with Crippen LogP contribution in [-0.2, 0) is 10.0 Å². The summed E-state index contributed by atoms with van der Waals surface area (Å²) in [6.45, 7) is 3.84. The number of hydrogen-bond donors (Lipinski definition) is 2. The molecule has 2 aromatic rings. The molecule has 2 N–H and O–H groups in total. The van der Waals surface area contributed by atoms with Gasteiger partial charge < -0.3 is 5.32 Å². The number of anilines is 1. The van der Waals surface area contributed by atoms with Crippen molar-refractivity contribution in [2.75, 3.05) is 5.32 Å². The van der Waals surface area contributed by atoms with Crippen LogP contribution in [0.3, 0.4) is 0 Å². The monoisotopic (exact) mass is 344 g/mol. The Bertz CT molecular complexity index is 887. The third-order valence-corrected chi connectivity index (χ3v) is 5.67. The van der Waals surface area contributed by atoms with E-state index < -0.39 is 10.0 Å². The van der Waals surface area contributed by atoms with E-state index in [1.54, 1.807) is 18.2 Å². The molecule has 1 saturated carbocycles. The van der Waals surface area contributed by atoms with Gasteiger partial charge in [0.05, 0.1) is 4.90 Å². The zero-order valence-electron chi connectivity index (χ0n) is 13.7. The Kier molecular flexibility index (Phi) is 4.43. The molecule has 0 saturated heterocycles. The van der Waals surface area contributed by atoms with E-state index >= 15 is 0 Å². The highest BCUT2D eigenvalue weighted by Crippen LogP contribution is 2.23. The van der Waals surface area contributed by atoms with Crippen molar-refractivity contribution in [2.24, 2.45) is 0 Å². The highest BCUT2D eigenvalue weighted by atomic mass is 32.2. The molecule has 24 heavy (non-hydrogen) atoms. The number of sulfonamides is 1. The molecule has 0 spiro atoms. The second-order valence-electron chi connectivity index (χ2n) is 6.12. The van der Waals surface area contributed by atoms with Gasteiger partial charge in [-0.2, -0.15) is 0 Å². The van der Waals surface area contributed by atoms with Gasteiger partial charge >= 0.3 is 0 Å². The second kappa shape index (κ2) is 6.37. The molecule has 0 aromatic heterocycles. The van der Waals surface area contributed by atoms with Gasteiger partial charge in [-0.05, 0) is 62.1 Å². The number of amides is 1. The molecule has 0 heterocycles. The topological polar surface area (TPSA) is 75.3 Å². The number of hydrogen-bond acceptors (Lipinski definition) is 3. The summed E-state index contributed by atoms with van der Waals surface area (Å²) in [5, 5.41) is 2.78. The molecule has 126 valence electrons. The van der Waals surface area contributed by atoms with E-state index in [9.17, 15) is 13.2 Å². The van der Waals surface area contributed by atoms with Gasteiger partial charge in [-0.25, -0.2) is 13.1 Å². The Morgan fingerprint density at radius 1 is 1.08 bits per heavy atom. The molecule has 0 atom stereocenters. The van der Waals surface area contributed by atoms with Gasteiger partial charge in [0.15, 0.2) is 0 Å². The summed E-state index contributed by atoms with van der Waals surface area (Å²) in [4.78, 5) is 12.6. The van der Waals surface area contributed by atoms with Crippen molar-refractivity contribution in [1.82, 2.24) is 4.72 Å². The number of rotatable bonds is 5. The van der Waals surface area contributed by atoms with Crippen LogP contribution in [0.5, 0.6) is 0 Å².